The molecule has 0 aliphatic heterocycles. The normalized spacial score (nSPS) is 10.2. The van der Waals surface area contributed by atoms with Gasteiger partial charge in [0.1, 0.15) is 11.6 Å². The number of hydrogen-bond acceptors (Lipinski definition) is 1. The fourth-order valence-corrected chi connectivity index (χ4v) is 1.35. The predicted octanol–water partition coefficient (Wildman–Crippen LogP) is 4.07. The molecule has 0 aliphatic carbocycles. The molecule has 0 aliphatic rings. The van der Waals surface area contributed by atoms with Crippen LogP contribution in [0.15, 0.2) is 42.5 Å². The summed E-state index contributed by atoms with van der Waals surface area (Å²) in [5.74, 6) is -0.492. The van der Waals surface area contributed by atoms with Gasteiger partial charge < -0.3 is 4.74 Å². The minimum absolute atomic E-state index is 0.0937. The van der Waals surface area contributed by atoms with E-state index in [1.807, 2.05) is 0 Å². The first-order chi connectivity index (χ1) is 7.65. The van der Waals surface area contributed by atoms with Crippen LogP contribution in [-0.4, -0.2) is 0 Å². The van der Waals surface area contributed by atoms with Gasteiger partial charge in [0.2, 0.25) is 0 Å². The average Bonchev–Trinajstić information content (AvgIpc) is 2.22. The standard InChI is InChI=1S/C13H10F2O/c1-9-5-6-13(12(15)7-9)16-11-4-2-3-10(14)8-11/h2-8H,1H3. The first-order valence-corrected chi connectivity index (χ1v) is 4.85. The van der Waals surface area contributed by atoms with Crippen molar-refractivity contribution in [1.29, 1.82) is 0 Å². The van der Waals surface area contributed by atoms with E-state index in [9.17, 15) is 8.78 Å². The molecule has 1 nitrogen and oxygen atoms in total. The Bertz CT molecular complexity index is 509. The lowest BCUT2D eigenvalue weighted by Gasteiger charge is -2.07. The largest absolute Gasteiger partial charge is 0.454 e. The maximum atomic E-state index is 13.4. The van der Waals surface area contributed by atoms with Gasteiger partial charge in [0, 0.05) is 6.07 Å². The molecule has 0 radical (unpaired) electrons. The van der Waals surface area contributed by atoms with Gasteiger partial charge in [-0.1, -0.05) is 12.1 Å². The van der Waals surface area contributed by atoms with E-state index in [0.29, 0.717) is 0 Å². The molecule has 0 atom stereocenters. The average molecular weight is 220 g/mol. The van der Waals surface area contributed by atoms with Crippen molar-refractivity contribution in [3.05, 3.63) is 59.7 Å². The van der Waals surface area contributed by atoms with Gasteiger partial charge in [-0.3, -0.25) is 0 Å². The molecule has 2 aromatic carbocycles. The molecule has 0 N–H and O–H groups in total. The lowest BCUT2D eigenvalue weighted by Crippen LogP contribution is -1.89. The summed E-state index contributed by atoms with van der Waals surface area (Å²) in [6, 6.07) is 10.2. The molecule has 3 heteroatoms. The van der Waals surface area contributed by atoms with Crippen molar-refractivity contribution in [1.82, 2.24) is 0 Å². The van der Waals surface area contributed by atoms with E-state index < -0.39 is 11.6 Å². The summed E-state index contributed by atoms with van der Waals surface area (Å²) < 4.78 is 31.5. The van der Waals surface area contributed by atoms with Crippen molar-refractivity contribution in [2.45, 2.75) is 6.92 Å². The van der Waals surface area contributed by atoms with Gasteiger partial charge in [-0.05, 0) is 36.8 Å². The monoisotopic (exact) mass is 220 g/mol. The van der Waals surface area contributed by atoms with Crippen LogP contribution in [0.3, 0.4) is 0 Å². The molecule has 0 bridgehead atoms. The van der Waals surface area contributed by atoms with Crippen LogP contribution in [0.5, 0.6) is 11.5 Å². The Morgan fingerprint density at radius 2 is 1.81 bits per heavy atom. The highest BCUT2D eigenvalue weighted by atomic mass is 19.1. The summed E-state index contributed by atoms with van der Waals surface area (Å²) in [5.41, 5.74) is 0.809. The third-order valence-electron chi connectivity index (χ3n) is 2.11. The van der Waals surface area contributed by atoms with E-state index in [1.54, 1.807) is 19.1 Å². The van der Waals surface area contributed by atoms with Crippen molar-refractivity contribution in [3.63, 3.8) is 0 Å². The Labute approximate surface area is 92.3 Å². The van der Waals surface area contributed by atoms with Gasteiger partial charge in [0.15, 0.2) is 11.6 Å². The molecule has 16 heavy (non-hydrogen) atoms. The van der Waals surface area contributed by atoms with E-state index in [4.69, 9.17) is 4.74 Å². The number of hydrogen-bond donors (Lipinski definition) is 0. The summed E-state index contributed by atoms with van der Waals surface area (Å²) in [4.78, 5) is 0. The molecule has 2 rings (SSSR count). The minimum atomic E-state index is -0.454. The van der Waals surface area contributed by atoms with Crippen molar-refractivity contribution < 1.29 is 13.5 Å². The number of rotatable bonds is 2. The predicted molar refractivity (Wildman–Crippen MR) is 57.6 cm³/mol. The smallest absolute Gasteiger partial charge is 0.165 e. The van der Waals surface area contributed by atoms with Crippen LogP contribution in [0.1, 0.15) is 5.56 Å². The fraction of sp³-hybridized carbons (Fsp3) is 0.0769. The molecule has 0 saturated heterocycles. The molecular weight excluding hydrogens is 210 g/mol. The third-order valence-corrected chi connectivity index (χ3v) is 2.11. The first kappa shape index (κ1) is 10.6. The number of aryl methyl sites for hydroxylation is 1. The number of ether oxygens (including phenoxy) is 1. The Kier molecular flexibility index (Phi) is 2.86. The maximum Gasteiger partial charge on any atom is 0.165 e. The fourth-order valence-electron chi connectivity index (χ4n) is 1.35. The van der Waals surface area contributed by atoms with Crippen LogP contribution < -0.4 is 4.74 Å². The van der Waals surface area contributed by atoms with Crippen molar-refractivity contribution in [3.8, 4) is 11.5 Å². The summed E-state index contributed by atoms with van der Waals surface area (Å²) in [7, 11) is 0. The SMILES string of the molecule is Cc1ccc(Oc2cccc(F)c2)c(F)c1. The van der Waals surface area contributed by atoms with Crippen molar-refractivity contribution in [2.24, 2.45) is 0 Å². The van der Waals surface area contributed by atoms with Crippen LogP contribution >= 0.6 is 0 Å². The van der Waals surface area contributed by atoms with Gasteiger partial charge in [-0.25, -0.2) is 8.78 Å². The molecule has 0 fully saturated rings. The highest BCUT2D eigenvalue weighted by Crippen LogP contribution is 2.25. The molecule has 0 aromatic heterocycles. The van der Waals surface area contributed by atoms with E-state index >= 15 is 0 Å². The Morgan fingerprint density at radius 3 is 2.50 bits per heavy atom. The Morgan fingerprint density at radius 1 is 1.00 bits per heavy atom. The van der Waals surface area contributed by atoms with Crippen LogP contribution in [-0.2, 0) is 0 Å². The van der Waals surface area contributed by atoms with Gasteiger partial charge in [0.25, 0.3) is 0 Å². The van der Waals surface area contributed by atoms with Crippen LogP contribution in [0, 0.1) is 18.6 Å². The van der Waals surface area contributed by atoms with Gasteiger partial charge in [0.05, 0.1) is 0 Å². The lowest BCUT2D eigenvalue weighted by molar-refractivity contribution is 0.438. The second-order valence-electron chi connectivity index (χ2n) is 3.49. The Balaban J connectivity index is 2.27. The van der Waals surface area contributed by atoms with Gasteiger partial charge in [-0.15, -0.1) is 0 Å². The summed E-state index contributed by atoms with van der Waals surface area (Å²) in [6.45, 7) is 1.79. The van der Waals surface area contributed by atoms with E-state index in [1.165, 1.54) is 30.3 Å². The summed E-state index contributed by atoms with van der Waals surface area (Å²) in [6.07, 6.45) is 0. The van der Waals surface area contributed by atoms with Crippen LogP contribution in [0.25, 0.3) is 0 Å². The van der Waals surface area contributed by atoms with Gasteiger partial charge in [-0.2, -0.15) is 0 Å². The second-order valence-corrected chi connectivity index (χ2v) is 3.49. The van der Waals surface area contributed by atoms with Crippen molar-refractivity contribution in [2.75, 3.05) is 0 Å². The molecule has 82 valence electrons. The molecule has 0 amide bonds. The molecular formula is C13H10F2O. The van der Waals surface area contributed by atoms with Crippen LogP contribution in [0.2, 0.25) is 0 Å². The molecule has 0 saturated carbocycles. The Hall–Kier alpha value is -1.90. The third kappa shape index (κ3) is 2.37. The highest BCUT2D eigenvalue weighted by Gasteiger charge is 2.05. The van der Waals surface area contributed by atoms with E-state index in [-0.39, 0.29) is 11.5 Å². The zero-order valence-electron chi connectivity index (χ0n) is 8.71. The van der Waals surface area contributed by atoms with E-state index in [2.05, 4.69) is 0 Å². The molecule has 2 aromatic rings. The van der Waals surface area contributed by atoms with Crippen molar-refractivity contribution >= 4 is 0 Å². The van der Waals surface area contributed by atoms with E-state index in [0.717, 1.165) is 5.56 Å². The van der Waals surface area contributed by atoms with Crippen LogP contribution in [0.4, 0.5) is 8.78 Å². The number of halogens is 2. The zero-order valence-corrected chi connectivity index (χ0v) is 8.71. The summed E-state index contributed by atoms with van der Waals surface area (Å²) in [5, 5.41) is 0. The second kappa shape index (κ2) is 4.31. The maximum absolute atomic E-state index is 13.4. The zero-order chi connectivity index (χ0) is 11.5. The minimum Gasteiger partial charge on any atom is -0.454 e. The molecule has 0 spiro atoms. The summed E-state index contributed by atoms with van der Waals surface area (Å²) >= 11 is 0. The molecule has 0 unspecified atom stereocenters. The molecule has 0 heterocycles. The topological polar surface area (TPSA) is 9.23 Å². The quantitative estimate of drug-likeness (QED) is 0.741. The first-order valence-electron chi connectivity index (χ1n) is 4.85. The van der Waals surface area contributed by atoms with Gasteiger partial charge >= 0.3 is 0 Å². The lowest BCUT2D eigenvalue weighted by atomic mass is 10.2. The highest BCUT2D eigenvalue weighted by molar-refractivity contribution is 5.34. The number of benzene rings is 2.